The van der Waals surface area contributed by atoms with Crippen molar-refractivity contribution >= 4 is 17.7 Å². The quantitative estimate of drug-likeness (QED) is 0.855. The molecule has 1 aliphatic carbocycles. The molecule has 0 spiro atoms. The minimum absolute atomic E-state index is 0.0164. The summed E-state index contributed by atoms with van der Waals surface area (Å²) in [7, 11) is 0. The number of aliphatic carboxylic acids is 1. The smallest absolute Gasteiger partial charge is 0.305 e. The first-order valence-corrected chi connectivity index (χ1v) is 8.30. The van der Waals surface area contributed by atoms with Crippen LogP contribution in [0.4, 0.5) is 4.39 Å². The van der Waals surface area contributed by atoms with E-state index >= 15 is 0 Å². The van der Waals surface area contributed by atoms with Gasteiger partial charge in [0.1, 0.15) is 11.6 Å². The number of fused-ring (bicyclic) bond motifs is 1. The van der Waals surface area contributed by atoms with Crippen LogP contribution in [0.1, 0.15) is 63.1 Å². The molecule has 1 heterocycles. The number of hydrogen-bond acceptors (Lipinski definition) is 4. The molecule has 2 aromatic rings. The maximum absolute atomic E-state index is 13.1. The molecule has 0 saturated heterocycles. The molecule has 0 saturated carbocycles. The van der Waals surface area contributed by atoms with Gasteiger partial charge in [0.15, 0.2) is 11.5 Å². The van der Waals surface area contributed by atoms with E-state index in [1.165, 1.54) is 24.3 Å². The summed E-state index contributed by atoms with van der Waals surface area (Å²) < 4.78 is 18.7. The van der Waals surface area contributed by atoms with Gasteiger partial charge in [-0.25, -0.2) is 4.39 Å². The zero-order valence-electron chi connectivity index (χ0n) is 14.2. The molecule has 136 valence electrons. The molecular formula is C19H18FNO5. The van der Waals surface area contributed by atoms with Crippen LogP contribution < -0.4 is 5.32 Å². The molecule has 3 rings (SSSR count). The lowest BCUT2D eigenvalue weighted by Gasteiger charge is -2.17. The molecule has 2 N–H and O–H groups in total. The molecule has 0 fully saturated rings. The Balaban J connectivity index is 1.87. The molecule has 7 heteroatoms. The molecular weight excluding hydrogens is 341 g/mol. The molecule has 0 radical (unpaired) electrons. The van der Waals surface area contributed by atoms with Crippen LogP contribution in [0.25, 0.3) is 0 Å². The highest BCUT2D eigenvalue weighted by Gasteiger charge is 2.30. The van der Waals surface area contributed by atoms with E-state index in [0.29, 0.717) is 41.7 Å². The summed E-state index contributed by atoms with van der Waals surface area (Å²) in [5.41, 5.74) is 1.39. The van der Waals surface area contributed by atoms with E-state index in [2.05, 4.69) is 5.32 Å². The van der Waals surface area contributed by atoms with Gasteiger partial charge in [-0.05, 0) is 31.0 Å². The molecule has 1 unspecified atom stereocenters. The monoisotopic (exact) mass is 359 g/mol. The number of ketones is 1. The second-order valence-electron chi connectivity index (χ2n) is 6.31. The number of carboxylic acids is 1. The average molecular weight is 359 g/mol. The highest BCUT2D eigenvalue weighted by molar-refractivity contribution is 6.03. The van der Waals surface area contributed by atoms with Crippen molar-refractivity contribution in [3.63, 3.8) is 0 Å². The fraction of sp³-hybridized carbons (Fsp3) is 0.316. The Morgan fingerprint density at radius 3 is 2.58 bits per heavy atom. The van der Waals surface area contributed by atoms with Crippen molar-refractivity contribution in [3.8, 4) is 0 Å². The number of benzene rings is 1. The Kier molecular flexibility index (Phi) is 4.88. The lowest BCUT2D eigenvalue weighted by Crippen LogP contribution is -2.30. The zero-order chi connectivity index (χ0) is 18.8. The maximum Gasteiger partial charge on any atom is 0.305 e. The Hall–Kier alpha value is -2.96. The van der Waals surface area contributed by atoms with Crippen LogP contribution in [0.15, 0.2) is 28.7 Å². The van der Waals surface area contributed by atoms with Crippen molar-refractivity contribution < 1.29 is 28.3 Å². The van der Waals surface area contributed by atoms with E-state index in [9.17, 15) is 18.8 Å². The first-order chi connectivity index (χ1) is 12.4. The highest BCUT2D eigenvalue weighted by atomic mass is 19.1. The number of aryl methyl sites for hydroxylation is 1. The molecule has 1 aromatic carbocycles. The summed E-state index contributed by atoms with van der Waals surface area (Å²) in [6.45, 7) is 1.64. The molecule has 1 atom stereocenters. The van der Waals surface area contributed by atoms with Crippen LogP contribution in [0.2, 0.25) is 0 Å². The third-order valence-electron chi connectivity index (χ3n) is 4.47. The summed E-state index contributed by atoms with van der Waals surface area (Å²) in [6.07, 6.45) is 1.32. The third kappa shape index (κ3) is 3.51. The SMILES string of the molecule is Cc1c(C(=O)NC(CC(=O)O)c2ccc(F)cc2)oc2c1C(=O)CCC2. The van der Waals surface area contributed by atoms with E-state index in [0.717, 1.165) is 0 Å². The summed E-state index contributed by atoms with van der Waals surface area (Å²) in [4.78, 5) is 35.8. The van der Waals surface area contributed by atoms with E-state index in [1.807, 2.05) is 0 Å². The van der Waals surface area contributed by atoms with Crippen molar-refractivity contribution in [3.05, 3.63) is 58.3 Å². The van der Waals surface area contributed by atoms with Crippen LogP contribution in [0, 0.1) is 12.7 Å². The van der Waals surface area contributed by atoms with E-state index in [-0.39, 0.29) is 18.0 Å². The lowest BCUT2D eigenvalue weighted by atomic mass is 9.94. The largest absolute Gasteiger partial charge is 0.481 e. The van der Waals surface area contributed by atoms with E-state index in [4.69, 9.17) is 9.52 Å². The van der Waals surface area contributed by atoms with Gasteiger partial charge in [0.05, 0.1) is 18.0 Å². The van der Waals surface area contributed by atoms with E-state index in [1.54, 1.807) is 6.92 Å². The van der Waals surface area contributed by atoms with Crippen LogP contribution in [-0.4, -0.2) is 22.8 Å². The summed E-state index contributed by atoms with van der Waals surface area (Å²) in [6, 6.07) is 4.40. The predicted octanol–water partition coefficient (Wildman–Crippen LogP) is 3.19. The second-order valence-corrected chi connectivity index (χ2v) is 6.31. The highest BCUT2D eigenvalue weighted by Crippen LogP contribution is 2.30. The van der Waals surface area contributed by atoms with Crippen molar-refractivity contribution in [1.82, 2.24) is 5.32 Å². The van der Waals surface area contributed by atoms with Crippen molar-refractivity contribution in [1.29, 1.82) is 0 Å². The maximum atomic E-state index is 13.1. The fourth-order valence-corrected chi connectivity index (χ4v) is 3.21. The Bertz CT molecular complexity index is 869. The first-order valence-electron chi connectivity index (χ1n) is 8.30. The normalized spacial score (nSPS) is 14.6. The van der Waals surface area contributed by atoms with Gasteiger partial charge in [0.2, 0.25) is 0 Å². The number of Topliss-reactive ketones (excluding diaryl/α,β-unsaturated/α-hetero) is 1. The molecule has 6 nitrogen and oxygen atoms in total. The number of furan rings is 1. The van der Waals surface area contributed by atoms with E-state index < -0.39 is 23.7 Å². The number of carbonyl (C=O) groups is 3. The van der Waals surface area contributed by atoms with Crippen LogP contribution in [-0.2, 0) is 11.2 Å². The van der Waals surface area contributed by atoms with Crippen molar-refractivity contribution in [2.45, 2.75) is 38.6 Å². The Labute approximate surface area is 149 Å². The van der Waals surface area contributed by atoms with Crippen LogP contribution in [0.3, 0.4) is 0 Å². The van der Waals surface area contributed by atoms with Crippen molar-refractivity contribution in [2.75, 3.05) is 0 Å². The zero-order valence-corrected chi connectivity index (χ0v) is 14.2. The average Bonchev–Trinajstić information content (AvgIpc) is 2.93. The summed E-state index contributed by atoms with van der Waals surface area (Å²) in [5.74, 6) is -1.69. The van der Waals surface area contributed by atoms with Gasteiger partial charge in [-0.1, -0.05) is 12.1 Å². The summed E-state index contributed by atoms with van der Waals surface area (Å²) >= 11 is 0. The standard InChI is InChI=1S/C19H18FNO5/c1-10-17-14(22)3-2-4-15(17)26-18(10)19(25)21-13(9-16(23)24)11-5-7-12(20)8-6-11/h5-8,13H,2-4,9H2,1H3,(H,21,25)(H,23,24). The summed E-state index contributed by atoms with van der Waals surface area (Å²) in [5, 5.41) is 11.7. The Morgan fingerprint density at radius 1 is 1.27 bits per heavy atom. The number of carbonyl (C=O) groups excluding carboxylic acids is 2. The fourth-order valence-electron chi connectivity index (χ4n) is 3.21. The number of amides is 1. The number of hydrogen-bond donors (Lipinski definition) is 2. The van der Waals surface area contributed by atoms with Gasteiger partial charge in [0.25, 0.3) is 5.91 Å². The number of rotatable bonds is 5. The van der Waals surface area contributed by atoms with Gasteiger partial charge < -0.3 is 14.8 Å². The second kappa shape index (κ2) is 7.11. The van der Waals surface area contributed by atoms with Gasteiger partial charge in [-0.3, -0.25) is 14.4 Å². The number of nitrogens with one attached hydrogen (secondary N) is 1. The van der Waals surface area contributed by atoms with Gasteiger partial charge >= 0.3 is 5.97 Å². The molecule has 1 aliphatic rings. The molecule has 1 amide bonds. The first kappa shape index (κ1) is 17.8. The topological polar surface area (TPSA) is 96.6 Å². The van der Waals surface area contributed by atoms with Crippen LogP contribution >= 0.6 is 0 Å². The number of carboxylic acid groups (broad SMARTS) is 1. The minimum Gasteiger partial charge on any atom is -0.481 e. The molecule has 1 aromatic heterocycles. The molecule has 26 heavy (non-hydrogen) atoms. The van der Waals surface area contributed by atoms with Gasteiger partial charge in [-0.15, -0.1) is 0 Å². The lowest BCUT2D eigenvalue weighted by molar-refractivity contribution is -0.137. The minimum atomic E-state index is -1.11. The Morgan fingerprint density at radius 2 is 1.96 bits per heavy atom. The van der Waals surface area contributed by atoms with Crippen LogP contribution in [0.5, 0.6) is 0 Å². The predicted molar refractivity (Wildman–Crippen MR) is 89.6 cm³/mol. The van der Waals surface area contributed by atoms with Crippen molar-refractivity contribution in [2.24, 2.45) is 0 Å². The van der Waals surface area contributed by atoms with Gasteiger partial charge in [-0.2, -0.15) is 0 Å². The molecule has 0 aliphatic heterocycles. The number of halogens is 1. The third-order valence-corrected chi connectivity index (χ3v) is 4.47. The van der Waals surface area contributed by atoms with Gasteiger partial charge in [0, 0.05) is 18.4 Å². The molecule has 0 bridgehead atoms.